The Labute approximate surface area is 155 Å². The maximum atomic E-state index is 14.3. The van der Waals surface area contributed by atoms with Crippen LogP contribution < -0.4 is 9.47 Å². The Morgan fingerprint density at radius 2 is 1.85 bits per heavy atom. The third kappa shape index (κ3) is 4.11. The van der Waals surface area contributed by atoms with Crippen LogP contribution in [-0.4, -0.2) is 56.1 Å². The average Bonchev–Trinajstić information content (AvgIpc) is 3.25. The van der Waals surface area contributed by atoms with Crippen LogP contribution in [0.15, 0.2) is 12.1 Å². The molecule has 1 saturated carbocycles. The summed E-state index contributed by atoms with van der Waals surface area (Å²) in [6, 6.07) is 3.50. The zero-order chi connectivity index (χ0) is 18.7. The van der Waals surface area contributed by atoms with Crippen LogP contribution in [0.1, 0.15) is 37.7 Å². The first kappa shape index (κ1) is 19.0. The molecule has 3 rings (SSSR count). The minimum atomic E-state index is -0.301. The van der Waals surface area contributed by atoms with Crippen molar-refractivity contribution in [1.29, 1.82) is 0 Å². The second-order valence-corrected chi connectivity index (χ2v) is 7.55. The fourth-order valence-corrected chi connectivity index (χ4v) is 4.31. The lowest BCUT2D eigenvalue weighted by Gasteiger charge is -2.25. The van der Waals surface area contributed by atoms with Gasteiger partial charge in [-0.25, -0.2) is 4.39 Å². The van der Waals surface area contributed by atoms with Crippen molar-refractivity contribution in [2.45, 2.75) is 44.7 Å². The van der Waals surface area contributed by atoms with Gasteiger partial charge in [0.15, 0.2) is 11.5 Å². The molecule has 0 aromatic heterocycles. The van der Waals surface area contributed by atoms with Crippen LogP contribution in [0.3, 0.4) is 0 Å². The highest BCUT2D eigenvalue weighted by Crippen LogP contribution is 2.32. The number of carbonyl (C=O) groups excluding carboxylic acids is 1. The molecule has 1 amide bonds. The molecule has 6 heteroatoms. The zero-order valence-electron chi connectivity index (χ0n) is 16.0. The number of halogens is 1. The Morgan fingerprint density at radius 3 is 2.50 bits per heavy atom. The number of methoxy groups -OCH3 is 2. The number of likely N-dealkylation sites (tertiary alicyclic amines) is 1. The number of carbonyl (C=O) groups is 1. The minimum Gasteiger partial charge on any atom is -0.493 e. The first-order chi connectivity index (χ1) is 12.5. The summed E-state index contributed by atoms with van der Waals surface area (Å²) in [5, 5.41) is 0. The van der Waals surface area contributed by atoms with E-state index in [1.807, 2.05) is 7.05 Å². The second-order valence-electron chi connectivity index (χ2n) is 7.55. The van der Waals surface area contributed by atoms with Gasteiger partial charge in [0, 0.05) is 43.7 Å². The molecule has 144 valence electrons. The lowest BCUT2D eigenvalue weighted by atomic mass is 10.1. The van der Waals surface area contributed by atoms with E-state index in [0.717, 1.165) is 25.9 Å². The Morgan fingerprint density at radius 1 is 1.19 bits per heavy atom. The monoisotopic (exact) mass is 364 g/mol. The molecular weight excluding hydrogens is 335 g/mol. The Hall–Kier alpha value is -1.82. The van der Waals surface area contributed by atoms with E-state index < -0.39 is 0 Å². The fourth-order valence-electron chi connectivity index (χ4n) is 4.31. The summed E-state index contributed by atoms with van der Waals surface area (Å²) in [5.74, 6) is 1.22. The predicted octanol–water partition coefficient (Wildman–Crippen LogP) is 3.07. The molecule has 0 radical (unpaired) electrons. The maximum absolute atomic E-state index is 14.3. The third-order valence-electron chi connectivity index (χ3n) is 5.57. The SMILES string of the molecule is COc1cc(F)c(CN(C)C[C@H]2CC(=O)N(C3CCCC3)C2)cc1OC. The Kier molecular flexibility index (Phi) is 6.01. The normalized spacial score (nSPS) is 21.0. The molecule has 26 heavy (non-hydrogen) atoms. The van der Waals surface area contributed by atoms with Gasteiger partial charge in [0.25, 0.3) is 0 Å². The van der Waals surface area contributed by atoms with Gasteiger partial charge >= 0.3 is 0 Å². The van der Waals surface area contributed by atoms with Crippen molar-refractivity contribution in [2.24, 2.45) is 5.92 Å². The van der Waals surface area contributed by atoms with Crippen LogP contribution in [-0.2, 0) is 11.3 Å². The van der Waals surface area contributed by atoms with Crippen molar-refractivity contribution < 1.29 is 18.7 Å². The molecule has 1 heterocycles. The van der Waals surface area contributed by atoms with E-state index in [4.69, 9.17) is 9.47 Å². The van der Waals surface area contributed by atoms with E-state index in [9.17, 15) is 9.18 Å². The predicted molar refractivity (Wildman–Crippen MR) is 97.9 cm³/mol. The van der Waals surface area contributed by atoms with Gasteiger partial charge in [0.2, 0.25) is 5.91 Å². The zero-order valence-corrected chi connectivity index (χ0v) is 16.0. The quantitative estimate of drug-likeness (QED) is 0.746. The van der Waals surface area contributed by atoms with Crippen molar-refractivity contribution in [2.75, 3.05) is 34.4 Å². The molecule has 1 aliphatic carbocycles. The standard InChI is InChI=1S/C20H29FN2O3/c1-22(13-15-9-18(25-2)19(26-3)10-17(15)21)11-14-8-20(24)23(12-14)16-6-4-5-7-16/h9-10,14,16H,4-8,11-13H2,1-3H3/t14-/m1/s1. The van der Waals surface area contributed by atoms with Gasteiger partial charge in [-0.05, 0) is 31.9 Å². The summed E-state index contributed by atoms with van der Waals surface area (Å²) in [6.45, 7) is 2.09. The molecule has 1 atom stereocenters. The summed E-state index contributed by atoms with van der Waals surface area (Å²) in [6.07, 6.45) is 5.36. The average molecular weight is 364 g/mol. The topological polar surface area (TPSA) is 42.0 Å². The summed E-state index contributed by atoms with van der Waals surface area (Å²) in [4.78, 5) is 16.5. The molecule has 0 bridgehead atoms. The molecule has 0 N–H and O–H groups in total. The van der Waals surface area contributed by atoms with Gasteiger partial charge in [-0.1, -0.05) is 12.8 Å². The highest BCUT2D eigenvalue weighted by Gasteiger charge is 2.35. The Balaban J connectivity index is 1.59. The molecule has 2 aliphatic rings. The number of hydrogen-bond acceptors (Lipinski definition) is 4. The van der Waals surface area contributed by atoms with E-state index in [-0.39, 0.29) is 11.7 Å². The summed E-state index contributed by atoms with van der Waals surface area (Å²) >= 11 is 0. The number of ether oxygens (including phenoxy) is 2. The van der Waals surface area contributed by atoms with Gasteiger partial charge in [-0.2, -0.15) is 0 Å². The molecule has 1 aromatic carbocycles. The number of amides is 1. The lowest BCUT2D eigenvalue weighted by molar-refractivity contribution is -0.129. The molecule has 0 unspecified atom stereocenters. The van der Waals surface area contributed by atoms with Crippen LogP contribution in [0.4, 0.5) is 4.39 Å². The first-order valence-electron chi connectivity index (χ1n) is 9.40. The smallest absolute Gasteiger partial charge is 0.223 e. The first-order valence-corrected chi connectivity index (χ1v) is 9.40. The summed E-state index contributed by atoms with van der Waals surface area (Å²) < 4.78 is 24.7. The second kappa shape index (κ2) is 8.25. The fraction of sp³-hybridized carbons (Fsp3) is 0.650. The van der Waals surface area contributed by atoms with Crippen molar-refractivity contribution in [3.8, 4) is 11.5 Å². The third-order valence-corrected chi connectivity index (χ3v) is 5.57. The molecule has 0 spiro atoms. The minimum absolute atomic E-state index is 0.285. The van der Waals surface area contributed by atoms with E-state index in [1.165, 1.54) is 26.0 Å². The number of hydrogen-bond donors (Lipinski definition) is 0. The maximum Gasteiger partial charge on any atom is 0.223 e. The van der Waals surface area contributed by atoms with Crippen molar-refractivity contribution in [3.63, 3.8) is 0 Å². The summed E-state index contributed by atoms with van der Waals surface area (Å²) in [5.41, 5.74) is 0.571. The van der Waals surface area contributed by atoms with E-state index in [2.05, 4.69) is 9.80 Å². The van der Waals surface area contributed by atoms with Crippen molar-refractivity contribution in [3.05, 3.63) is 23.5 Å². The highest BCUT2D eigenvalue weighted by atomic mass is 19.1. The van der Waals surface area contributed by atoms with Crippen LogP contribution in [0, 0.1) is 11.7 Å². The Bertz CT molecular complexity index is 646. The van der Waals surface area contributed by atoms with Crippen LogP contribution >= 0.6 is 0 Å². The van der Waals surface area contributed by atoms with Gasteiger partial charge in [-0.15, -0.1) is 0 Å². The molecule has 1 aromatic rings. The molecule has 5 nitrogen and oxygen atoms in total. The molecular formula is C20H29FN2O3. The van der Waals surface area contributed by atoms with Gasteiger partial charge < -0.3 is 19.3 Å². The van der Waals surface area contributed by atoms with E-state index in [0.29, 0.717) is 42.0 Å². The number of nitrogens with zero attached hydrogens (tertiary/aromatic N) is 2. The van der Waals surface area contributed by atoms with Crippen LogP contribution in [0.5, 0.6) is 11.5 Å². The molecule has 2 fully saturated rings. The van der Waals surface area contributed by atoms with Gasteiger partial charge in [0.05, 0.1) is 14.2 Å². The summed E-state index contributed by atoms with van der Waals surface area (Å²) in [7, 11) is 5.01. The van der Waals surface area contributed by atoms with Gasteiger partial charge in [-0.3, -0.25) is 4.79 Å². The number of rotatable bonds is 7. The molecule has 1 aliphatic heterocycles. The van der Waals surface area contributed by atoms with E-state index in [1.54, 1.807) is 13.2 Å². The van der Waals surface area contributed by atoms with Gasteiger partial charge in [0.1, 0.15) is 5.82 Å². The largest absolute Gasteiger partial charge is 0.493 e. The van der Waals surface area contributed by atoms with Crippen LogP contribution in [0.25, 0.3) is 0 Å². The highest BCUT2D eigenvalue weighted by molar-refractivity contribution is 5.79. The molecule has 1 saturated heterocycles. The van der Waals surface area contributed by atoms with E-state index >= 15 is 0 Å². The van der Waals surface area contributed by atoms with Crippen LogP contribution in [0.2, 0.25) is 0 Å². The van der Waals surface area contributed by atoms with Crippen molar-refractivity contribution in [1.82, 2.24) is 9.80 Å². The number of benzene rings is 1. The lowest BCUT2D eigenvalue weighted by Crippen LogP contribution is -2.35. The van der Waals surface area contributed by atoms with Crippen molar-refractivity contribution >= 4 is 5.91 Å².